The molecule has 4 rings (SSSR count). The van der Waals surface area contributed by atoms with Crippen LogP contribution < -0.4 is 15.8 Å². The molecule has 0 fully saturated rings. The lowest BCUT2D eigenvalue weighted by Crippen LogP contribution is -2.49. The van der Waals surface area contributed by atoms with Gasteiger partial charge in [0.2, 0.25) is 0 Å². The summed E-state index contributed by atoms with van der Waals surface area (Å²) in [4.78, 5) is 2.20. The Labute approximate surface area is 181 Å². The molecular weight excluding hydrogens is 382 g/mol. The van der Waals surface area contributed by atoms with Gasteiger partial charge in [-0.1, -0.05) is 43.4 Å². The van der Waals surface area contributed by atoms with Crippen molar-refractivity contribution in [2.24, 2.45) is 5.73 Å². The van der Waals surface area contributed by atoms with Gasteiger partial charge in [0.05, 0.1) is 0 Å². The first-order valence-corrected chi connectivity index (χ1v) is 13.5. The van der Waals surface area contributed by atoms with E-state index in [4.69, 9.17) is 5.73 Å². The number of nitrogens with zero attached hydrogens (tertiary/aromatic N) is 2. The van der Waals surface area contributed by atoms with Crippen LogP contribution in [0.25, 0.3) is 5.57 Å². The highest BCUT2D eigenvalue weighted by Gasteiger charge is 2.40. The molecule has 1 aliphatic carbocycles. The van der Waals surface area contributed by atoms with Crippen molar-refractivity contribution in [3.8, 4) is 0 Å². The third kappa shape index (κ3) is 3.30. The maximum atomic E-state index is 5.85. The second kappa shape index (κ2) is 7.53. The van der Waals surface area contributed by atoms with Crippen LogP contribution in [-0.2, 0) is 6.54 Å². The van der Waals surface area contributed by atoms with Crippen LogP contribution in [0.5, 0.6) is 0 Å². The van der Waals surface area contributed by atoms with Crippen molar-refractivity contribution < 1.29 is 4.58 Å². The molecule has 1 heterocycles. The van der Waals surface area contributed by atoms with E-state index in [1.165, 1.54) is 44.1 Å². The molecule has 2 N–H and O–H groups in total. The van der Waals surface area contributed by atoms with Crippen molar-refractivity contribution in [1.82, 2.24) is 0 Å². The zero-order valence-corrected chi connectivity index (χ0v) is 20.0. The van der Waals surface area contributed by atoms with E-state index in [2.05, 4.69) is 111 Å². The zero-order chi connectivity index (χ0) is 21.6. The third-order valence-electron chi connectivity index (χ3n) is 6.40. The summed E-state index contributed by atoms with van der Waals surface area (Å²) in [6.07, 6.45) is 6.99. The highest BCUT2D eigenvalue weighted by molar-refractivity contribution is 6.98. The molecule has 0 saturated heterocycles. The number of hydrogen-bond acceptors (Lipinski definition) is 2. The van der Waals surface area contributed by atoms with Crippen LogP contribution in [0, 0.1) is 0 Å². The van der Waals surface area contributed by atoms with Gasteiger partial charge in [0.1, 0.15) is 22.2 Å². The lowest BCUT2D eigenvalue weighted by Gasteiger charge is -2.38. The van der Waals surface area contributed by atoms with E-state index < -0.39 is 8.07 Å². The molecule has 0 aromatic heterocycles. The Bertz CT molecular complexity index is 1130. The predicted octanol–water partition coefficient (Wildman–Crippen LogP) is 3.69. The maximum absolute atomic E-state index is 5.85. The fourth-order valence-electron chi connectivity index (χ4n) is 4.50. The summed E-state index contributed by atoms with van der Waals surface area (Å²) in [5.74, 6) is 0. The Morgan fingerprint density at radius 1 is 0.967 bits per heavy atom. The zero-order valence-electron chi connectivity index (χ0n) is 19.0. The van der Waals surface area contributed by atoms with Crippen LogP contribution in [0.3, 0.4) is 0 Å². The fourth-order valence-corrected chi connectivity index (χ4v) is 7.57. The van der Waals surface area contributed by atoms with Gasteiger partial charge in [0.25, 0.3) is 0 Å². The van der Waals surface area contributed by atoms with Gasteiger partial charge in [0.15, 0.2) is 5.71 Å². The molecule has 0 saturated carbocycles. The molecule has 0 bridgehead atoms. The molecule has 1 aliphatic heterocycles. The monoisotopic (exact) mass is 414 g/mol. The summed E-state index contributed by atoms with van der Waals surface area (Å²) < 4.78 is 2.20. The van der Waals surface area contributed by atoms with E-state index in [1.54, 1.807) is 0 Å². The lowest BCUT2D eigenvalue weighted by atomic mass is 9.89. The smallest absolute Gasteiger partial charge is 0.199 e. The van der Waals surface area contributed by atoms with Gasteiger partial charge in [0, 0.05) is 38.5 Å². The molecule has 0 spiro atoms. The molecule has 2 aromatic rings. The molecule has 0 radical (unpaired) electrons. The quantitative estimate of drug-likeness (QED) is 0.614. The van der Waals surface area contributed by atoms with Crippen LogP contribution in [0.2, 0.25) is 13.1 Å². The van der Waals surface area contributed by atoms with Gasteiger partial charge in [-0.3, -0.25) is 0 Å². The highest BCUT2D eigenvalue weighted by atomic mass is 28.3. The van der Waals surface area contributed by atoms with Crippen molar-refractivity contribution in [2.75, 3.05) is 33.1 Å². The fraction of sp³-hybridized carbons (Fsp3) is 0.269. The lowest BCUT2D eigenvalue weighted by molar-refractivity contribution is -0.462. The summed E-state index contributed by atoms with van der Waals surface area (Å²) in [5, 5.41) is 3.02. The molecule has 4 heteroatoms. The molecule has 0 unspecified atom stereocenters. The molecule has 0 atom stereocenters. The number of rotatable bonds is 3. The first-order valence-electron chi connectivity index (χ1n) is 10.5. The van der Waals surface area contributed by atoms with Gasteiger partial charge >= 0.3 is 0 Å². The maximum Gasteiger partial charge on any atom is 0.199 e. The summed E-state index contributed by atoms with van der Waals surface area (Å²) in [6.45, 7) is 5.54. The molecule has 2 aromatic carbocycles. The molecular formula is C26H32N3Si+. The molecule has 154 valence electrons. The Morgan fingerprint density at radius 2 is 1.67 bits per heavy atom. The Kier molecular flexibility index (Phi) is 5.16. The van der Waals surface area contributed by atoms with E-state index in [0.29, 0.717) is 6.54 Å². The number of benzene rings is 2. The largest absolute Gasteiger partial charge is 0.378 e. The van der Waals surface area contributed by atoms with E-state index >= 15 is 0 Å². The van der Waals surface area contributed by atoms with Crippen molar-refractivity contribution in [1.29, 1.82) is 0 Å². The van der Waals surface area contributed by atoms with Crippen molar-refractivity contribution in [3.63, 3.8) is 0 Å². The minimum absolute atomic E-state index is 0.571. The number of fused-ring (bicyclic) bond motifs is 2. The molecule has 0 amide bonds. The van der Waals surface area contributed by atoms with E-state index in [9.17, 15) is 0 Å². The SMILES string of the molecule is CN(C)c1ccc2c(c1)[Si](C)(C)C1=CC(=[N+](C)C)C=CC1=C2c1ccc(CN)cc1. The van der Waals surface area contributed by atoms with Crippen LogP contribution in [0.15, 0.2) is 71.5 Å². The summed E-state index contributed by atoms with van der Waals surface area (Å²) >= 11 is 0. The van der Waals surface area contributed by atoms with Crippen LogP contribution >= 0.6 is 0 Å². The number of allylic oxidation sites excluding steroid dienone is 5. The van der Waals surface area contributed by atoms with Gasteiger partial charge in [-0.15, -0.1) is 0 Å². The number of anilines is 1. The summed E-state index contributed by atoms with van der Waals surface area (Å²) in [7, 11) is 6.60. The van der Waals surface area contributed by atoms with E-state index in [1.807, 2.05) is 0 Å². The minimum atomic E-state index is -1.87. The second-order valence-electron chi connectivity index (χ2n) is 9.15. The average Bonchev–Trinajstić information content (AvgIpc) is 2.74. The van der Waals surface area contributed by atoms with Crippen molar-refractivity contribution in [3.05, 3.63) is 88.2 Å². The summed E-state index contributed by atoms with van der Waals surface area (Å²) in [5.41, 5.74) is 14.9. The van der Waals surface area contributed by atoms with Crippen LogP contribution in [0.1, 0.15) is 16.7 Å². The molecule has 30 heavy (non-hydrogen) atoms. The van der Waals surface area contributed by atoms with Crippen LogP contribution in [0.4, 0.5) is 5.69 Å². The van der Waals surface area contributed by atoms with Gasteiger partial charge in [-0.25, -0.2) is 4.58 Å². The van der Waals surface area contributed by atoms with Gasteiger partial charge in [-0.05, 0) is 56.4 Å². The van der Waals surface area contributed by atoms with Gasteiger partial charge < -0.3 is 10.6 Å². The first-order chi connectivity index (χ1) is 14.2. The van der Waals surface area contributed by atoms with Crippen LogP contribution in [-0.4, -0.2) is 46.6 Å². The second-order valence-corrected chi connectivity index (χ2v) is 13.5. The topological polar surface area (TPSA) is 32.3 Å². The van der Waals surface area contributed by atoms with Gasteiger partial charge in [-0.2, -0.15) is 0 Å². The summed E-state index contributed by atoms with van der Waals surface area (Å²) in [6, 6.07) is 15.8. The predicted molar refractivity (Wildman–Crippen MR) is 133 cm³/mol. The Morgan fingerprint density at radius 3 is 2.27 bits per heavy atom. The molecule has 3 nitrogen and oxygen atoms in total. The minimum Gasteiger partial charge on any atom is -0.378 e. The average molecular weight is 415 g/mol. The van der Waals surface area contributed by atoms with Crippen molar-refractivity contribution in [2.45, 2.75) is 19.6 Å². The first kappa shape index (κ1) is 20.6. The van der Waals surface area contributed by atoms with E-state index in [0.717, 1.165) is 5.56 Å². The number of nitrogens with two attached hydrogens (primary N) is 1. The standard InChI is InChI=1S/C26H32N3Si/c1-28(2)20-11-13-22-24(15-20)30(5,6)25-16-21(29(3)4)12-14-23(25)26(22)19-9-7-18(17-27)8-10-19/h7-16H,17,27H2,1-6H3/q+1. The highest BCUT2D eigenvalue weighted by Crippen LogP contribution is 2.41. The number of hydrogen-bond donors (Lipinski definition) is 1. The Balaban J connectivity index is 2.05. The Hall–Kier alpha value is -2.69. The molecule has 2 aliphatic rings. The third-order valence-corrected chi connectivity index (χ3v) is 9.92. The normalized spacial score (nSPS) is 16.8. The van der Waals surface area contributed by atoms with E-state index in [-0.39, 0.29) is 0 Å². The van der Waals surface area contributed by atoms with Crippen molar-refractivity contribution >= 4 is 30.2 Å².